The first-order chi connectivity index (χ1) is 11.1. The Hall–Kier alpha value is -2.14. The molecule has 5 heteroatoms. The molecule has 2 amide bonds. The van der Waals surface area contributed by atoms with E-state index in [0.29, 0.717) is 30.3 Å². The van der Waals surface area contributed by atoms with Crippen LogP contribution in [0.15, 0.2) is 35.9 Å². The van der Waals surface area contributed by atoms with E-state index in [1.54, 1.807) is 24.3 Å². The average molecular weight is 315 g/mol. The minimum atomic E-state index is -0.474. The van der Waals surface area contributed by atoms with Crippen molar-refractivity contribution in [2.45, 2.75) is 45.1 Å². The van der Waals surface area contributed by atoms with Gasteiger partial charge in [-0.05, 0) is 56.9 Å². The van der Waals surface area contributed by atoms with E-state index >= 15 is 0 Å². The maximum atomic E-state index is 11.9. The van der Waals surface area contributed by atoms with Crippen molar-refractivity contribution in [2.24, 2.45) is 5.73 Å². The summed E-state index contributed by atoms with van der Waals surface area (Å²) in [5, 5.41) is 6.22. The largest absolute Gasteiger partial charge is 0.366 e. The van der Waals surface area contributed by atoms with Crippen molar-refractivity contribution in [1.29, 1.82) is 0 Å². The zero-order valence-corrected chi connectivity index (χ0v) is 13.6. The van der Waals surface area contributed by atoms with Crippen LogP contribution in [-0.4, -0.2) is 24.4 Å². The van der Waals surface area contributed by atoms with Crippen LogP contribution in [0.1, 0.15) is 49.4 Å². The van der Waals surface area contributed by atoms with Gasteiger partial charge in [0.05, 0.1) is 0 Å². The minimum Gasteiger partial charge on any atom is -0.366 e. The van der Waals surface area contributed by atoms with Gasteiger partial charge in [0, 0.05) is 30.3 Å². The third kappa shape index (κ3) is 5.53. The number of carbonyl (C=O) groups is 2. The topological polar surface area (TPSA) is 84.2 Å². The number of nitrogens with two attached hydrogens (primary N) is 1. The molecule has 0 saturated carbocycles. The van der Waals surface area contributed by atoms with E-state index in [0.717, 1.165) is 6.42 Å². The summed E-state index contributed by atoms with van der Waals surface area (Å²) in [6.07, 6.45) is 7.61. The van der Waals surface area contributed by atoms with E-state index in [1.165, 1.54) is 24.8 Å². The first-order valence-electron chi connectivity index (χ1n) is 8.18. The molecule has 124 valence electrons. The van der Waals surface area contributed by atoms with E-state index in [1.807, 2.05) is 0 Å². The predicted molar refractivity (Wildman–Crippen MR) is 92.2 cm³/mol. The van der Waals surface area contributed by atoms with Gasteiger partial charge in [0.15, 0.2) is 0 Å². The monoisotopic (exact) mass is 315 g/mol. The van der Waals surface area contributed by atoms with Crippen LogP contribution in [0.5, 0.6) is 0 Å². The number of hydrogen-bond donors (Lipinski definition) is 3. The van der Waals surface area contributed by atoms with Gasteiger partial charge in [0.25, 0.3) is 0 Å². The van der Waals surface area contributed by atoms with Gasteiger partial charge in [-0.25, -0.2) is 0 Å². The summed E-state index contributed by atoms with van der Waals surface area (Å²) in [7, 11) is 0. The first-order valence-corrected chi connectivity index (χ1v) is 8.18. The van der Waals surface area contributed by atoms with E-state index in [2.05, 4.69) is 23.6 Å². The van der Waals surface area contributed by atoms with Crippen LogP contribution >= 0.6 is 0 Å². The lowest BCUT2D eigenvalue weighted by Gasteiger charge is -2.20. The third-order valence-electron chi connectivity index (χ3n) is 4.14. The Morgan fingerprint density at radius 2 is 1.96 bits per heavy atom. The standard InChI is InChI=1S/C18H25N3O2/c1-13(14-5-3-2-4-6-14)20-12-11-17(22)21-16-9-7-15(8-10-16)18(19)23/h5,7-10,13,20H,2-4,6,11-12H2,1H3,(H2,19,23)(H,21,22). The summed E-state index contributed by atoms with van der Waals surface area (Å²) in [5.74, 6) is -0.521. The highest BCUT2D eigenvalue weighted by Gasteiger charge is 2.11. The van der Waals surface area contributed by atoms with Crippen LogP contribution in [-0.2, 0) is 4.79 Å². The van der Waals surface area contributed by atoms with Gasteiger partial charge in [-0.15, -0.1) is 0 Å². The summed E-state index contributed by atoms with van der Waals surface area (Å²) in [6, 6.07) is 6.90. The Labute approximate surface area is 137 Å². The molecule has 4 N–H and O–H groups in total. The van der Waals surface area contributed by atoms with Crippen LogP contribution in [0.4, 0.5) is 5.69 Å². The van der Waals surface area contributed by atoms with E-state index in [4.69, 9.17) is 5.73 Å². The van der Waals surface area contributed by atoms with Gasteiger partial charge in [0.2, 0.25) is 11.8 Å². The molecule has 0 bridgehead atoms. The second-order valence-corrected chi connectivity index (χ2v) is 5.94. The predicted octanol–water partition coefficient (Wildman–Crippen LogP) is 2.59. The summed E-state index contributed by atoms with van der Waals surface area (Å²) in [6.45, 7) is 2.79. The fourth-order valence-corrected chi connectivity index (χ4v) is 2.73. The Kier molecular flexibility index (Phi) is 6.35. The van der Waals surface area contributed by atoms with Crippen LogP contribution in [0, 0.1) is 0 Å². The number of anilines is 1. The van der Waals surface area contributed by atoms with Crippen molar-refractivity contribution < 1.29 is 9.59 Å². The molecule has 1 unspecified atom stereocenters. The molecule has 0 saturated heterocycles. The van der Waals surface area contributed by atoms with Crippen molar-refractivity contribution in [3.63, 3.8) is 0 Å². The molecule has 0 spiro atoms. The molecule has 0 aromatic heterocycles. The SMILES string of the molecule is CC(NCCC(=O)Nc1ccc(C(N)=O)cc1)C1=CCCCC1. The van der Waals surface area contributed by atoms with Gasteiger partial charge in [-0.1, -0.05) is 11.6 Å². The van der Waals surface area contributed by atoms with Crippen LogP contribution in [0.2, 0.25) is 0 Å². The molecular formula is C18H25N3O2. The van der Waals surface area contributed by atoms with Gasteiger partial charge in [0.1, 0.15) is 0 Å². The van der Waals surface area contributed by atoms with Gasteiger partial charge in [-0.3, -0.25) is 9.59 Å². The van der Waals surface area contributed by atoms with E-state index < -0.39 is 5.91 Å². The molecule has 5 nitrogen and oxygen atoms in total. The molecule has 0 aliphatic heterocycles. The molecular weight excluding hydrogens is 290 g/mol. The normalized spacial score (nSPS) is 15.6. The van der Waals surface area contributed by atoms with Crippen molar-refractivity contribution in [2.75, 3.05) is 11.9 Å². The average Bonchev–Trinajstić information content (AvgIpc) is 2.56. The van der Waals surface area contributed by atoms with Crippen LogP contribution in [0.3, 0.4) is 0 Å². The summed E-state index contributed by atoms with van der Waals surface area (Å²) in [4.78, 5) is 22.9. The second-order valence-electron chi connectivity index (χ2n) is 5.94. The Morgan fingerprint density at radius 1 is 1.22 bits per heavy atom. The number of amides is 2. The number of rotatable bonds is 7. The fourth-order valence-electron chi connectivity index (χ4n) is 2.73. The Balaban J connectivity index is 1.72. The highest BCUT2D eigenvalue weighted by molar-refractivity contribution is 5.94. The van der Waals surface area contributed by atoms with Crippen molar-refractivity contribution in [3.8, 4) is 0 Å². The Bertz CT molecular complexity index is 578. The highest BCUT2D eigenvalue weighted by atomic mass is 16.2. The maximum absolute atomic E-state index is 11.9. The zero-order valence-electron chi connectivity index (χ0n) is 13.6. The molecule has 1 aliphatic carbocycles. The number of hydrogen-bond acceptors (Lipinski definition) is 3. The summed E-state index contributed by atoms with van der Waals surface area (Å²) < 4.78 is 0. The molecule has 1 aliphatic rings. The number of benzene rings is 1. The molecule has 2 rings (SSSR count). The van der Waals surface area contributed by atoms with E-state index in [9.17, 15) is 9.59 Å². The lowest BCUT2D eigenvalue weighted by molar-refractivity contribution is -0.116. The zero-order chi connectivity index (χ0) is 16.7. The molecule has 1 aromatic rings. The summed E-state index contributed by atoms with van der Waals surface area (Å²) >= 11 is 0. The minimum absolute atomic E-state index is 0.0471. The molecule has 1 aromatic carbocycles. The number of primary amides is 1. The number of allylic oxidation sites excluding steroid dienone is 1. The van der Waals surface area contributed by atoms with Crippen molar-refractivity contribution >= 4 is 17.5 Å². The summed E-state index contributed by atoms with van der Waals surface area (Å²) in [5.41, 5.74) is 7.74. The molecule has 0 radical (unpaired) electrons. The van der Waals surface area contributed by atoms with Crippen LogP contribution in [0.25, 0.3) is 0 Å². The maximum Gasteiger partial charge on any atom is 0.248 e. The molecule has 0 heterocycles. The van der Waals surface area contributed by atoms with Crippen LogP contribution < -0.4 is 16.4 Å². The Morgan fingerprint density at radius 3 is 2.57 bits per heavy atom. The number of carbonyl (C=O) groups excluding carboxylic acids is 2. The highest BCUT2D eigenvalue weighted by Crippen LogP contribution is 2.20. The quantitative estimate of drug-likeness (QED) is 0.676. The lowest BCUT2D eigenvalue weighted by atomic mass is 9.95. The molecule has 23 heavy (non-hydrogen) atoms. The number of nitrogens with one attached hydrogen (secondary N) is 2. The second kappa shape index (κ2) is 8.48. The molecule has 0 fully saturated rings. The third-order valence-corrected chi connectivity index (χ3v) is 4.14. The van der Waals surface area contributed by atoms with Gasteiger partial charge >= 0.3 is 0 Å². The van der Waals surface area contributed by atoms with E-state index in [-0.39, 0.29) is 5.91 Å². The first kappa shape index (κ1) is 17.2. The molecule has 1 atom stereocenters. The smallest absolute Gasteiger partial charge is 0.248 e. The van der Waals surface area contributed by atoms with Crippen molar-refractivity contribution in [3.05, 3.63) is 41.5 Å². The van der Waals surface area contributed by atoms with Gasteiger partial charge in [-0.2, -0.15) is 0 Å². The fraction of sp³-hybridized carbons (Fsp3) is 0.444. The van der Waals surface area contributed by atoms with Crippen molar-refractivity contribution in [1.82, 2.24) is 5.32 Å². The van der Waals surface area contributed by atoms with Gasteiger partial charge < -0.3 is 16.4 Å². The lowest BCUT2D eigenvalue weighted by Crippen LogP contribution is -2.31.